The minimum atomic E-state index is -0.335. The van der Waals surface area contributed by atoms with Crippen LogP contribution < -0.4 is 5.32 Å². The van der Waals surface area contributed by atoms with Gasteiger partial charge in [-0.05, 0) is 52.7 Å². The molecule has 4 rings (SSSR count). The van der Waals surface area contributed by atoms with E-state index in [1.165, 1.54) is 16.9 Å². The van der Waals surface area contributed by atoms with Gasteiger partial charge in [0.1, 0.15) is 12.4 Å². The zero-order valence-corrected chi connectivity index (χ0v) is 15.2. The van der Waals surface area contributed by atoms with E-state index in [1.807, 2.05) is 49.4 Å². The third-order valence-electron chi connectivity index (χ3n) is 4.51. The second-order valence-electron chi connectivity index (χ2n) is 6.51. The van der Waals surface area contributed by atoms with E-state index in [0.717, 1.165) is 16.3 Å². The predicted octanol–water partition coefficient (Wildman–Crippen LogP) is 3.51. The highest BCUT2D eigenvalue weighted by Crippen LogP contribution is 2.24. The van der Waals surface area contributed by atoms with Crippen LogP contribution >= 0.6 is 0 Å². The summed E-state index contributed by atoms with van der Waals surface area (Å²) in [7, 11) is 0. The minimum absolute atomic E-state index is 0.0523. The molecule has 0 radical (unpaired) electrons. The number of tetrazole rings is 1. The van der Waals surface area contributed by atoms with Crippen molar-refractivity contribution in [2.75, 3.05) is 0 Å². The van der Waals surface area contributed by atoms with Crippen LogP contribution in [0.1, 0.15) is 18.5 Å². The van der Waals surface area contributed by atoms with Crippen molar-refractivity contribution in [1.82, 2.24) is 25.5 Å². The number of fused-ring (bicyclic) bond motifs is 1. The number of nitrogens with zero attached hydrogens (tertiary/aromatic N) is 4. The van der Waals surface area contributed by atoms with Crippen molar-refractivity contribution >= 4 is 16.7 Å². The summed E-state index contributed by atoms with van der Waals surface area (Å²) >= 11 is 0. The van der Waals surface area contributed by atoms with Crippen molar-refractivity contribution in [1.29, 1.82) is 0 Å². The van der Waals surface area contributed by atoms with E-state index in [2.05, 4.69) is 20.7 Å². The molecule has 0 spiro atoms. The number of carbonyl (C=O) groups is 1. The van der Waals surface area contributed by atoms with E-state index in [4.69, 9.17) is 0 Å². The Morgan fingerprint density at radius 2 is 1.82 bits per heavy atom. The van der Waals surface area contributed by atoms with Crippen LogP contribution in [0.4, 0.5) is 4.39 Å². The van der Waals surface area contributed by atoms with Crippen LogP contribution in [0.25, 0.3) is 22.2 Å². The smallest absolute Gasteiger partial charge is 0.244 e. The molecule has 1 atom stereocenters. The Bertz CT molecular complexity index is 1120. The summed E-state index contributed by atoms with van der Waals surface area (Å²) in [4.78, 5) is 13.7. The molecule has 1 heterocycles. The maximum atomic E-state index is 13.0. The van der Waals surface area contributed by atoms with Gasteiger partial charge in [0.05, 0.1) is 6.04 Å². The van der Waals surface area contributed by atoms with Gasteiger partial charge in [0.15, 0.2) is 0 Å². The molecule has 1 N–H and O–H groups in total. The number of rotatable bonds is 5. The quantitative estimate of drug-likeness (QED) is 0.579. The number of hydrogen-bond acceptors (Lipinski definition) is 4. The average Bonchev–Trinajstić information content (AvgIpc) is 3.16. The molecular formula is C21H18FN5O. The summed E-state index contributed by atoms with van der Waals surface area (Å²) in [6.07, 6.45) is 0. The van der Waals surface area contributed by atoms with Gasteiger partial charge in [-0.25, -0.2) is 4.39 Å². The molecule has 3 aromatic carbocycles. The molecule has 7 heteroatoms. The lowest BCUT2D eigenvalue weighted by Gasteiger charge is -2.16. The first-order valence-electron chi connectivity index (χ1n) is 8.91. The lowest BCUT2D eigenvalue weighted by molar-refractivity contribution is -0.122. The maximum absolute atomic E-state index is 13.0. The highest BCUT2D eigenvalue weighted by Gasteiger charge is 2.14. The van der Waals surface area contributed by atoms with Crippen molar-refractivity contribution in [2.24, 2.45) is 0 Å². The fourth-order valence-electron chi connectivity index (χ4n) is 3.15. The second kappa shape index (κ2) is 7.56. The van der Waals surface area contributed by atoms with Crippen LogP contribution in [0, 0.1) is 5.82 Å². The number of halogens is 1. The molecule has 1 aromatic heterocycles. The maximum Gasteiger partial charge on any atom is 0.244 e. The zero-order chi connectivity index (χ0) is 19.5. The minimum Gasteiger partial charge on any atom is -0.348 e. The summed E-state index contributed by atoms with van der Waals surface area (Å²) in [5.74, 6) is -0.212. The SMILES string of the molecule is C[C@H](NC(=O)Cn1nnc(-c2ccc(F)cc2)n1)c1cccc2ccccc12. The molecule has 4 aromatic rings. The monoisotopic (exact) mass is 375 g/mol. The largest absolute Gasteiger partial charge is 0.348 e. The van der Waals surface area contributed by atoms with Crippen LogP contribution in [-0.2, 0) is 11.3 Å². The zero-order valence-electron chi connectivity index (χ0n) is 15.2. The third kappa shape index (κ3) is 3.73. The normalized spacial score (nSPS) is 12.1. The van der Waals surface area contributed by atoms with Gasteiger partial charge in [0, 0.05) is 5.56 Å². The van der Waals surface area contributed by atoms with Gasteiger partial charge in [0.2, 0.25) is 11.7 Å². The number of hydrogen-bond donors (Lipinski definition) is 1. The van der Waals surface area contributed by atoms with Crippen molar-refractivity contribution in [2.45, 2.75) is 19.5 Å². The van der Waals surface area contributed by atoms with E-state index in [-0.39, 0.29) is 24.3 Å². The number of benzene rings is 3. The van der Waals surface area contributed by atoms with Gasteiger partial charge in [-0.3, -0.25) is 4.79 Å². The molecule has 0 aliphatic rings. The van der Waals surface area contributed by atoms with E-state index in [9.17, 15) is 9.18 Å². The summed E-state index contributed by atoms with van der Waals surface area (Å²) in [5, 5.41) is 17.2. The molecular weight excluding hydrogens is 357 g/mol. The van der Waals surface area contributed by atoms with Crippen LogP contribution in [0.3, 0.4) is 0 Å². The number of carbonyl (C=O) groups excluding carboxylic acids is 1. The Kier molecular flexibility index (Phi) is 4.80. The summed E-state index contributed by atoms with van der Waals surface area (Å²) in [6, 6.07) is 19.7. The molecule has 0 unspecified atom stereocenters. The van der Waals surface area contributed by atoms with Gasteiger partial charge in [-0.15, -0.1) is 10.2 Å². The molecule has 6 nitrogen and oxygen atoms in total. The highest BCUT2D eigenvalue weighted by atomic mass is 19.1. The Balaban J connectivity index is 1.45. The molecule has 140 valence electrons. The van der Waals surface area contributed by atoms with Gasteiger partial charge < -0.3 is 5.32 Å². The Morgan fingerprint density at radius 3 is 2.64 bits per heavy atom. The second-order valence-corrected chi connectivity index (χ2v) is 6.51. The first kappa shape index (κ1) is 17.8. The van der Waals surface area contributed by atoms with Crippen LogP contribution in [0.2, 0.25) is 0 Å². The molecule has 0 aliphatic carbocycles. The van der Waals surface area contributed by atoms with Gasteiger partial charge >= 0.3 is 0 Å². The van der Waals surface area contributed by atoms with Crippen molar-refractivity contribution in [3.63, 3.8) is 0 Å². The first-order chi connectivity index (χ1) is 13.6. The van der Waals surface area contributed by atoms with Crippen LogP contribution in [-0.4, -0.2) is 26.1 Å². The third-order valence-corrected chi connectivity index (χ3v) is 4.51. The molecule has 28 heavy (non-hydrogen) atoms. The topological polar surface area (TPSA) is 72.7 Å². The number of aromatic nitrogens is 4. The Morgan fingerprint density at radius 1 is 1.07 bits per heavy atom. The van der Waals surface area contributed by atoms with E-state index in [0.29, 0.717) is 11.4 Å². The Hall–Kier alpha value is -3.61. The van der Waals surface area contributed by atoms with Crippen LogP contribution in [0.15, 0.2) is 66.7 Å². The fourth-order valence-corrected chi connectivity index (χ4v) is 3.15. The van der Waals surface area contributed by atoms with E-state index in [1.54, 1.807) is 12.1 Å². The van der Waals surface area contributed by atoms with Gasteiger partial charge in [-0.2, -0.15) is 4.80 Å². The molecule has 0 saturated carbocycles. The Labute approximate surface area is 161 Å². The summed E-state index contributed by atoms with van der Waals surface area (Å²) in [5.41, 5.74) is 1.68. The van der Waals surface area contributed by atoms with Crippen LogP contribution in [0.5, 0.6) is 0 Å². The first-order valence-corrected chi connectivity index (χ1v) is 8.91. The molecule has 0 fully saturated rings. The van der Waals surface area contributed by atoms with Gasteiger partial charge in [0.25, 0.3) is 0 Å². The summed E-state index contributed by atoms with van der Waals surface area (Å²) < 4.78 is 13.0. The van der Waals surface area contributed by atoms with Crippen molar-refractivity contribution < 1.29 is 9.18 Å². The lowest BCUT2D eigenvalue weighted by atomic mass is 10.00. The molecule has 0 aliphatic heterocycles. The van der Waals surface area contributed by atoms with Gasteiger partial charge in [-0.1, -0.05) is 42.5 Å². The van der Waals surface area contributed by atoms with Crippen molar-refractivity contribution in [3.05, 3.63) is 78.1 Å². The predicted molar refractivity (Wildman–Crippen MR) is 104 cm³/mol. The van der Waals surface area contributed by atoms with E-state index >= 15 is 0 Å². The average molecular weight is 375 g/mol. The summed E-state index contributed by atoms with van der Waals surface area (Å²) in [6.45, 7) is 1.89. The van der Waals surface area contributed by atoms with Crippen molar-refractivity contribution in [3.8, 4) is 11.4 Å². The fraction of sp³-hybridized carbons (Fsp3) is 0.143. The standard InChI is InChI=1S/C21H18FN5O/c1-14(18-8-4-6-15-5-2-3-7-19(15)18)23-20(28)13-27-25-21(24-26-27)16-9-11-17(22)12-10-16/h2-12,14H,13H2,1H3,(H,23,28)/t14-/m0/s1. The molecule has 0 saturated heterocycles. The molecule has 0 bridgehead atoms. The highest BCUT2D eigenvalue weighted by molar-refractivity contribution is 5.86. The molecule has 1 amide bonds. The van der Waals surface area contributed by atoms with E-state index < -0.39 is 0 Å². The lowest BCUT2D eigenvalue weighted by Crippen LogP contribution is -2.31. The number of nitrogens with one attached hydrogen (secondary N) is 1. The number of amides is 1.